The Kier molecular flexibility index (Phi) is 6.04. The molecule has 0 aliphatic carbocycles. The average molecular weight is 386 g/mol. The summed E-state index contributed by atoms with van der Waals surface area (Å²) in [6.45, 7) is 1.09. The molecule has 0 saturated carbocycles. The Bertz CT molecular complexity index is 868. The summed E-state index contributed by atoms with van der Waals surface area (Å²) in [4.78, 5) is 12.2. The summed E-state index contributed by atoms with van der Waals surface area (Å²) in [6.07, 6.45) is -4.53. The molecule has 1 N–H and O–H groups in total. The van der Waals surface area contributed by atoms with Crippen molar-refractivity contribution in [2.75, 3.05) is 18.4 Å². The number of carbonyl (C=O) groups excluding carboxylic acids is 1. The van der Waals surface area contributed by atoms with E-state index in [9.17, 15) is 26.4 Å². The topological polar surface area (TPSA) is 66.5 Å². The molecule has 0 spiro atoms. The minimum Gasteiger partial charge on any atom is -0.325 e. The second kappa shape index (κ2) is 7.88. The Morgan fingerprint density at radius 1 is 1.08 bits per heavy atom. The number of likely N-dealkylation sites (N-methyl/N-ethyl adjacent to an activating group) is 1. The van der Waals surface area contributed by atoms with Crippen molar-refractivity contribution in [2.24, 2.45) is 0 Å². The largest absolute Gasteiger partial charge is 0.416 e. The number of hydrogen-bond acceptors (Lipinski definition) is 3. The maximum atomic E-state index is 12.7. The summed E-state index contributed by atoms with van der Waals surface area (Å²) >= 11 is 0. The fourth-order valence-electron chi connectivity index (χ4n) is 2.24. The van der Waals surface area contributed by atoms with Gasteiger partial charge in [-0.15, -0.1) is 0 Å². The number of carbonyl (C=O) groups is 1. The van der Waals surface area contributed by atoms with Crippen molar-refractivity contribution in [1.29, 1.82) is 0 Å². The zero-order valence-corrected chi connectivity index (χ0v) is 14.6. The van der Waals surface area contributed by atoms with Gasteiger partial charge in [-0.05, 0) is 30.3 Å². The number of alkyl halides is 3. The molecule has 0 aromatic heterocycles. The van der Waals surface area contributed by atoms with Gasteiger partial charge in [-0.3, -0.25) is 4.79 Å². The monoisotopic (exact) mass is 386 g/mol. The molecular weight excluding hydrogens is 369 g/mol. The summed E-state index contributed by atoms with van der Waals surface area (Å²) in [7, 11) is -3.88. The van der Waals surface area contributed by atoms with Crippen LogP contribution >= 0.6 is 0 Å². The summed E-state index contributed by atoms with van der Waals surface area (Å²) in [5.74, 6) is -0.731. The first-order valence-electron chi connectivity index (χ1n) is 7.67. The third-order valence-electron chi connectivity index (χ3n) is 3.53. The van der Waals surface area contributed by atoms with E-state index in [4.69, 9.17) is 0 Å². The van der Waals surface area contributed by atoms with Crippen molar-refractivity contribution in [3.63, 3.8) is 0 Å². The SMILES string of the molecule is CCN(CC(=O)Nc1cccc(C(F)(F)F)c1)S(=O)(=O)c1ccccc1. The second-order valence-electron chi connectivity index (χ2n) is 5.37. The van der Waals surface area contributed by atoms with E-state index in [0.717, 1.165) is 22.5 Å². The molecule has 0 saturated heterocycles. The standard InChI is InChI=1S/C17H17F3N2O3S/c1-2-22(26(24,25)15-9-4-3-5-10-15)12-16(23)21-14-8-6-7-13(11-14)17(18,19)20/h3-11H,2,12H2,1H3,(H,21,23). The molecule has 0 unspecified atom stereocenters. The van der Waals surface area contributed by atoms with Crippen LogP contribution in [-0.2, 0) is 21.0 Å². The molecule has 0 bridgehead atoms. The number of sulfonamides is 1. The van der Waals surface area contributed by atoms with Gasteiger partial charge >= 0.3 is 6.18 Å². The van der Waals surface area contributed by atoms with E-state index in [1.807, 2.05) is 0 Å². The highest BCUT2D eigenvalue weighted by molar-refractivity contribution is 7.89. The molecule has 9 heteroatoms. The van der Waals surface area contributed by atoms with Gasteiger partial charge in [-0.1, -0.05) is 31.2 Å². The Morgan fingerprint density at radius 3 is 2.31 bits per heavy atom. The summed E-state index contributed by atoms with van der Waals surface area (Å²) in [6, 6.07) is 11.7. The van der Waals surface area contributed by atoms with Crippen LogP contribution < -0.4 is 5.32 Å². The lowest BCUT2D eigenvalue weighted by Crippen LogP contribution is -2.37. The molecule has 0 heterocycles. The number of nitrogens with zero attached hydrogens (tertiary/aromatic N) is 1. The van der Waals surface area contributed by atoms with Gasteiger partial charge in [0.25, 0.3) is 0 Å². The molecule has 140 valence electrons. The highest BCUT2D eigenvalue weighted by Gasteiger charge is 2.30. The molecule has 2 aromatic rings. The number of rotatable bonds is 6. The fourth-order valence-corrected chi connectivity index (χ4v) is 3.67. The van der Waals surface area contributed by atoms with Crippen molar-refractivity contribution >= 4 is 21.6 Å². The Morgan fingerprint density at radius 2 is 1.73 bits per heavy atom. The maximum absolute atomic E-state index is 12.7. The number of hydrogen-bond donors (Lipinski definition) is 1. The van der Waals surface area contributed by atoms with Crippen LogP contribution in [0.4, 0.5) is 18.9 Å². The second-order valence-corrected chi connectivity index (χ2v) is 7.31. The first-order valence-corrected chi connectivity index (χ1v) is 9.11. The van der Waals surface area contributed by atoms with Crippen molar-refractivity contribution in [3.8, 4) is 0 Å². The van der Waals surface area contributed by atoms with E-state index in [-0.39, 0.29) is 17.1 Å². The van der Waals surface area contributed by atoms with Gasteiger partial charge in [-0.25, -0.2) is 8.42 Å². The Labute approximate surface area is 149 Å². The number of amides is 1. The van der Waals surface area contributed by atoms with Crippen LogP contribution in [0.3, 0.4) is 0 Å². The minimum atomic E-state index is -4.53. The predicted octanol–water partition coefficient (Wildman–Crippen LogP) is 3.35. The molecule has 0 aliphatic rings. The van der Waals surface area contributed by atoms with Crippen LogP contribution in [0.1, 0.15) is 12.5 Å². The quantitative estimate of drug-likeness (QED) is 0.828. The summed E-state index contributed by atoms with van der Waals surface area (Å²) in [5.41, 5.74) is -0.961. The van der Waals surface area contributed by atoms with Gasteiger partial charge < -0.3 is 5.32 Å². The molecule has 0 aliphatic heterocycles. The van der Waals surface area contributed by atoms with Crippen LogP contribution in [-0.4, -0.2) is 31.7 Å². The maximum Gasteiger partial charge on any atom is 0.416 e. The normalized spacial score (nSPS) is 12.2. The molecule has 5 nitrogen and oxygen atoms in total. The van der Waals surface area contributed by atoms with E-state index < -0.39 is 34.2 Å². The first kappa shape index (κ1) is 19.9. The van der Waals surface area contributed by atoms with Crippen molar-refractivity contribution in [3.05, 3.63) is 60.2 Å². The van der Waals surface area contributed by atoms with Crippen LogP contribution in [0.15, 0.2) is 59.5 Å². The summed E-state index contributed by atoms with van der Waals surface area (Å²) < 4.78 is 64.2. The fraction of sp³-hybridized carbons (Fsp3) is 0.235. The molecule has 0 atom stereocenters. The molecular formula is C17H17F3N2O3S. The third kappa shape index (κ3) is 4.83. The van der Waals surface area contributed by atoms with E-state index in [2.05, 4.69) is 5.32 Å². The lowest BCUT2D eigenvalue weighted by Gasteiger charge is -2.20. The Balaban J connectivity index is 2.13. The van der Waals surface area contributed by atoms with Crippen LogP contribution in [0, 0.1) is 0 Å². The number of anilines is 1. The predicted molar refractivity (Wildman–Crippen MR) is 90.9 cm³/mol. The van der Waals surface area contributed by atoms with E-state index in [1.54, 1.807) is 25.1 Å². The van der Waals surface area contributed by atoms with Crippen LogP contribution in [0.5, 0.6) is 0 Å². The van der Waals surface area contributed by atoms with Crippen molar-refractivity contribution in [1.82, 2.24) is 4.31 Å². The zero-order valence-electron chi connectivity index (χ0n) is 13.8. The minimum absolute atomic E-state index is 0.0350. The highest BCUT2D eigenvalue weighted by Crippen LogP contribution is 2.30. The van der Waals surface area contributed by atoms with Gasteiger partial charge in [0.2, 0.25) is 15.9 Å². The molecule has 26 heavy (non-hydrogen) atoms. The number of benzene rings is 2. The lowest BCUT2D eigenvalue weighted by atomic mass is 10.2. The van der Waals surface area contributed by atoms with Crippen LogP contribution in [0.25, 0.3) is 0 Å². The highest BCUT2D eigenvalue weighted by atomic mass is 32.2. The molecule has 2 aromatic carbocycles. The molecule has 1 amide bonds. The van der Waals surface area contributed by atoms with E-state index >= 15 is 0 Å². The average Bonchev–Trinajstić information content (AvgIpc) is 2.59. The molecule has 2 rings (SSSR count). The van der Waals surface area contributed by atoms with Crippen molar-refractivity contribution < 1.29 is 26.4 Å². The first-order chi connectivity index (χ1) is 12.1. The smallest absolute Gasteiger partial charge is 0.325 e. The summed E-state index contributed by atoms with van der Waals surface area (Å²) in [5, 5.41) is 2.30. The van der Waals surface area contributed by atoms with Gasteiger partial charge in [0.15, 0.2) is 0 Å². The molecule has 0 radical (unpaired) electrons. The van der Waals surface area contributed by atoms with Gasteiger partial charge in [0.1, 0.15) is 0 Å². The lowest BCUT2D eigenvalue weighted by molar-refractivity contribution is -0.137. The number of halogens is 3. The van der Waals surface area contributed by atoms with E-state index in [0.29, 0.717) is 0 Å². The Hall–Kier alpha value is -2.39. The van der Waals surface area contributed by atoms with Gasteiger partial charge in [0, 0.05) is 12.2 Å². The zero-order chi connectivity index (χ0) is 19.4. The third-order valence-corrected chi connectivity index (χ3v) is 5.46. The van der Waals surface area contributed by atoms with Crippen molar-refractivity contribution in [2.45, 2.75) is 18.0 Å². The number of nitrogens with one attached hydrogen (secondary N) is 1. The van der Waals surface area contributed by atoms with Crippen LogP contribution in [0.2, 0.25) is 0 Å². The van der Waals surface area contributed by atoms with E-state index in [1.165, 1.54) is 18.2 Å². The van der Waals surface area contributed by atoms with Gasteiger partial charge in [0.05, 0.1) is 17.0 Å². The molecule has 0 fully saturated rings. The van der Waals surface area contributed by atoms with Gasteiger partial charge in [-0.2, -0.15) is 17.5 Å².